The molecule has 4 nitrogen and oxygen atoms in total. The Morgan fingerprint density at radius 2 is 2.50 bits per heavy atom. The molecule has 0 aliphatic carbocycles. The number of thiophene rings is 1. The number of carbonyl (C=O) groups excluding carboxylic acids is 1. The van der Waals surface area contributed by atoms with Crippen LogP contribution in [0.2, 0.25) is 0 Å². The van der Waals surface area contributed by atoms with E-state index in [1.165, 1.54) is 11.3 Å². The molecule has 0 saturated carbocycles. The topological polar surface area (TPSA) is 62.1 Å². The Labute approximate surface area is 118 Å². The summed E-state index contributed by atoms with van der Waals surface area (Å²) >= 11 is 4.78. The Morgan fingerprint density at radius 3 is 3.00 bits per heavy atom. The molecule has 0 unspecified atom stereocenters. The molecule has 1 N–H and O–H groups in total. The van der Waals surface area contributed by atoms with E-state index in [-0.39, 0.29) is 17.5 Å². The first-order valence-corrected chi connectivity index (χ1v) is 6.89. The SMILES string of the molecule is COC[C@H](C)NC(=O)/C(C#N)=C\c1cc(Br)cs1. The van der Waals surface area contributed by atoms with E-state index in [9.17, 15) is 4.79 Å². The van der Waals surface area contributed by atoms with Crippen LogP contribution in [-0.4, -0.2) is 25.7 Å². The van der Waals surface area contributed by atoms with Crippen LogP contribution in [0.3, 0.4) is 0 Å². The molecule has 1 heterocycles. The first-order chi connectivity index (χ1) is 8.56. The van der Waals surface area contributed by atoms with Crippen molar-refractivity contribution >= 4 is 39.2 Å². The Hall–Kier alpha value is -1.16. The number of nitrogens with one attached hydrogen (secondary N) is 1. The Balaban J connectivity index is 2.75. The van der Waals surface area contributed by atoms with E-state index in [1.807, 2.05) is 24.4 Å². The van der Waals surface area contributed by atoms with Gasteiger partial charge in [0.25, 0.3) is 5.91 Å². The number of hydrogen-bond acceptors (Lipinski definition) is 4. The number of hydrogen-bond donors (Lipinski definition) is 1. The molecule has 0 saturated heterocycles. The predicted molar refractivity (Wildman–Crippen MR) is 75.1 cm³/mol. The molecule has 18 heavy (non-hydrogen) atoms. The van der Waals surface area contributed by atoms with Crippen LogP contribution < -0.4 is 5.32 Å². The standard InChI is InChI=1S/C12H13BrN2O2S/c1-8(6-17-2)15-12(16)9(5-14)3-11-4-10(13)7-18-11/h3-4,7-8H,6H2,1-2H3,(H,15,16)/b9-3-/t8-/m0/s1. The first kappa shape index (κ1) is 14.9. The van der Waals surface area contributed by atoms with Crippen LogP contribution in [0, 0.1) is 11.3 Å². The normalized spacial score (nSPS) is 12.9. The molecule has 1 rings (SSSR count). The smallest absolute Gasteiger partial charge is 0.262 e. The van der Waals surface area contributed by atoms with Gasteiger partial charge in [-0.15, -0.1) is 11.3 Å². The quantitative estimate of drug-likeness (QED) is 0.667. The lowest BCUT2D eigenvalue weighted by Gasteiger charge is -2.11. The number of carbonyl (C=O) groups is 1. The van der Waals surface area contributed by atoms with Gasteiger partial charge in [-0.1, -0.05) is 0 Å². The van der Waals surface area contributed by atoms with Crippen molar-refractivity contribution in [2.45, 2.75) is 13.0 Å². The molecule has 96 valence electrons. The van der Waals surface area contributed by atoms with Gasteiger partial charge in [-0.3, -0.25) is 4.79 Å². The zero-order valence-corrected chi connectivity index (χ0v) is 12.5. The molecule has 0 aromatic carbocycles. The van der Waals surface area contributed by atoms with Crippen molar-refractivity contribution in [3.8, 4) is 6.07 Å². The molecule has 0 bridgehead atoms. The van der Waals surface area contributed by atoms with Crippen LogP contribution in [0.25, 0.3) is 6.08 Å². The summed E-state index contributed by atoms with van der Waals surface area (Å²) in [6, 6.07) is 3.63. The maximum absolute atomic E-state index is 11.8. The van der Waals surface area contributed by atoms with Gasteiger partial charge < -0.3 is 10.1 Å². The number of methoxy groups -OCH3 is 1. The monoisotopic (exact) mass is 328 g/mol. The summed E-state index contributed by atoms with van der Waals surface area (Å²) in [4.78, 5) is 12.7. The second-order valence-corrected chi connectivity index (χ2v) is 5.53. The summed E-state index contributed by atoms with van der Waals surface area (Å²) in [7, 11) is 1.56. The van der Waals surface area contributed by atoms with Crippen LogP contribution in [0.5, 0.6) is 0 Å². The van der Waals surface area contributed by atoms with E-state index >= 15 is 0 Å². The minimum atomic E-state index is -0.383. The third-order valence-electron chi connectivity index (χ3n) is 2.03. The Bertz CT molecular complexity index is 491. The zero-order valence-electron chi connectivity index (χ0n) is 10.1. The van der Waals surface area contributed by atoms with E-state index in [0.29, 0.717) is 6.61 Å². The fourth-order valence-corrected chi connectivity index (χ4v) is 2.66. The van der Waals surface area contributed by atoms with Gasteiger partial charge >= 0.3 is 0 Å². The summed E-state index contributed by atoms with van der Waals surface area (Å²) < 4.78 is 5.85. The summed E-state index contributed by atoms with van der Waals surface area (Å²) in [5.74, 6) is -0.383. The van der Waals surface area contributed by atoms with Gasteiger partial charge in [0.1, 0.15) is 11.6 Å². The van der Waals surface area contributed by atoms with Gasteiger partial charge in [0, 0.05) is 27.9 Å². The van der Waals surface area contributed by atoms with E-state index in [0.717, 1.165) is 9.35 Å². The number of nitriles is 1. The second kappa shape index (κ2) is 7.31. The lowest BCUT2D eigenvalue weighted by Crippen LogP contribution is -2.36. The van der Waals surface area contributed by atoms with Crippen molar-refractivity contribution in [1.29, 1.82) is 5.26 Å². The van der Waals surface area contributed by atoms with Crippen LogP contribution in [0.15, 0.2) is 21.5 Å². The van der Waals surface area contributed by atoms with E-state index in [2.05, 4.69) is 21.2 Å². The number of nitrogens with zero attached hydrogens (tertiary/aromatic N) is 1. The largest absolute Gasteiger partial charge is 0.383 e. The number of ether oxygens (including phenoxy) is 1. The Morgan fingerprint density at radius 1 is 1.78 bits per heavy atom. The minimum absolute atomic E-state index is 0.0901. The average molecular weight is 329 g/mol. The maximum atomic E-state index is 11.8. The summed E-state index contributed by atoms with van der Waals surface area (Å²) in [5, 5.41) is 13.6. The van der Waals surface area contributed by atoms with Crippen LogP contribution in [-0.2, 0) is 9.53 Å². The number of halogens is 1. The highest BCUT2D eigenvalue weighted by molar-refractivity contribution is 9.10. The molecule has 1 aromatic heterocycles. The lowest BCUT2D eigenvalue weighted by atomic mass is 10.2. The molecule has 6 heteroatoms. The molecular weight excluding hydrogens is 316 g/mol. The van der Waals surface area contributed by atoms with Gasteiger partial charge in [0.05, 0.1) is 6.61 Å². The summed E-state index contributed by atoms with van der Waals surface area (Å²) in [6.07, 6.45) is 1.57. The van der Waals surface area contributed by atoms with E-state index < -0.39 is 0 Å². The molecule has 0 fully saturated rings. The van der Waals surface area contributed by atoms with Gasteiger partial charge in [-0.25, -0.2) is 0 Å². The molecule has 0 aliphatic rings. The van der Waals surface area contributed by atoms with Crippen molar-refractivity contribution < 1.29 is 9.53 Å². The van der Waals surface area contributed by atoms with Gasteiger partial charge in [-0.05, 0) is 35.0 Å². The second-order valence-electron chi connectivity index (χ2n) is 3.67. The van der Waals surface area contributed by atoms with Gasteiger partial charge in [0.15, 0.2) is 0 Å². The maximum Gasteiger partial charge on any atom is 0.262 e. The summed E-state index contributed by atoms with van der Waals surface area (Å²) in [6.45, 7) is 2.23. The van der Waals surface area contributed by atoms with Gasteiger partial charge in [-0.2, -0.15) is 5.26 Å². The molecule has 0 radical (unpaired) electrons. The highest BCUT2D eigenvalue weighted by atomic mass is 79.9. The van der Waals surface area contributed by atoms with Crippen LogP contribution >= 0.6 is 27.3 Å². The average Bonchev–Trinajstić information content (AvgIpc) is 2.71. The highest BCUT2D eigenvalue weighted by Gasteiger charge is 2.12. The number of rotatable bonds is 5. The predicted octanol–water partition coefficient (Wildman–Crippen LogP) is 2.57. The highest BCUT2D eigenvalue weighted by Crippen LogP contribution is 2.22. The molecule has 1 aromatic rings. The lowest BCUT2D eigenvalue weighted by molar-refractivity contribution is -0.117. The molecule has 0 aliphatic heterocycles. The third kappa shape index (κ3) is 4.61. The molecule has 1 atom stereocenters. The third-order valence-corrected chi connectivity index (χ3v) is 3.67. The van der Waals surface area contributed by atoms with E-state index in [4.69, 9.17) is 10.00 Å². The fourth-order valence-electron chi connectivity index (χ4n) is 1.29. The molecular formula is C12H13BrN2O2S. The van der Waals surface area contributed by atoms with Gasteiger partial charge in [0.2, 0.25) is 0 Å². The Kier molecular flexibility index (Phi) is 6.05. The van der Waals surface area contributed by atoms with Crippen molar-refractivity contribution in [3.05, 3.63) is 26.4 Å². The van der Waals surface area contributed by atoms with Crippen LogP contribution in [0.1, 0.15) is 11.8 Å². The summed E-state index contributed by atoms with van der Waals surface area (Å²) in [5.41, 5.74) is 0.0901. The van der Waals surface area contributed by atoms with Crippen molar-refractivity contribution in [1.82, 2.24) is 5.32 Å². The zero-order chi connectivity index (χ0) is 13.5. The van der Waals surface area contributed by atoms with Crippen molar-refractivity contribution in [2.24, 2.45) is 0 Å². The van der Waals surface area contributed by atoms with Crippen molar-refractivity contribution in [2.75, 3.05) is 13.7 Å². The minimum Gasteiger partial charge on any atom is -0.383 e. The number of amides is 1. The molecule has 1 amide bonds. The van der Waals surface area contributed by atoms with E-state index in [1.54, 1.807) is 13.2 Å². The molecule has 0 spiro atoms. The fraction of sp³-hybridized carbons (Fsp3) is 0.333. The van der Waals surface area contributed by atoms with Crippen molar-refractivity contribution in [3.63, 3.8) is 0 Å². The first-order valence-electron chi connectivity index (χ1n) is 5.22. The van der Waals surface area contributed by atoms with Crippen LogP contribution in [0.4, 0.5) is 0 Å².